The van der Waals surface area contributed by atoms with E-state index in [0.29, 0.717) is 0 Å². The van der Waals surface area contributed by atoms with Gasteiger partial charge in [0.05, 0.1) is 12.7 Å². The van der Waals surface area contributed by atoms with Gasteiger partial charge in [-0.3, -0.25) is 0 Å². The Morgan fingerprint density at radius 1 is 1.41 bits per heavy atom. The number of carbonyl (C=O) groups excluding carboxylic acids is 2. The van der Waals surface area contributed by atoms with E-state index in [-0.39, 0.29) is 11.3 Å². The fourth-order valence-corrected chi connectivity index (χ4v) is 1.14. The summed E-state index contributed by atoms with van der Waals surface area (Å²) in [4.78, 5) is 22.5. The molecule has 0 radical (unpaired) electrons. The van der Waals surface area contributed by atoms with E-state index in [1.165, 1.54) is 19.1 Å². The fourth-order valence-electron chi connectivity index (χ4n) is 1.14. The summed E-state index contributed by atoms with van der Waals surface area (Å²) in [5.41, 5.74) is 5.24. The lowest BCUT2D eigenvalue weighted by Gasteiger charge is -2.11. The highest BCUT2D eigenvalue weighted by Crippen LogP contribution is 2.13. The zero-order valence-corrected chi connectivity index (χ0v) is 9.40. The van der Waals surface area contributed by atoms with Crippen LogP contribution in [-0.2, 0) is 14.3 Å². The van der Waals surface area contributed by atoms with Gasteiger partial charge in [-0.2, -0.15) is 0 Å². The Morgan fingerprint density at radius 2 is 2.06 bits per heavy atom. The molecule has 0 fully saturated rings. The van der Waals surface area contributed by atoms with Crippen molar-refractivity contribution in [1.29, 1.82) is 0 Å². The number of nitrogen functional groups attached to an aromatic ring is 1. The predicted molar refractivity (Wildman–Crippen MR) is 57.7 cm³/mol. The van der Waals surface area contributed by atoms with Crippen molar-refractivity contribution in [2.45, 2.75) is 13.0 Å². The quantitative estimate of drug-likeness (QED) is 0.633. The molecule has 92 valence electrons. The Morgan fingerprint density at radius 3 is 2.59 bits per heavy atom. The van der Waals surface area contributed by atoms with E-state index in [4.69, 9.17) is 10.5 Å². The molecule has 17 heavy (non-hydrogen) atoms. The van der Waals surface area contributed by atoms with E-state index < -0.39 is 23.9 Å². The summed E-state index contributed by atoms with van der Waals surface area (Å²) in [5.74, 6) is -2.46. The molecule has 0 saturated carbocycles. The molecule has 0 amide bonds. The first-order chi connectivity index (χ1) is 7.95. The molecule has 5 nitrogen and oxygen atoms in total. The summed E-state index contributed by atoms with van der Waals surface area (Å²) in [6, 6.07) is 3.55. The predicted octanol–water partition coefficient (Wildman–Crippen LogP) is 1.13. The molecule has 0 aliphatic carbocycles. The zero-order chi connectivity index (χ0) is 13.0. The topological polar surface area (TPSA) is 78.6 Å². The van der Waals surface area contributed by atoms with Gasteiger partial charge < -0.3 is 15.2 Å². The third kappa shape index (κ3) is 3.17. The van der Waals surface area contributed by atoms with Crippen molar-refractivity contribution in [3.8, 4) is 0 Å². The van der Waals surface area contributed by atoms with E-state index in [0.717, 1.165) is 13.2 Å². The van der Waals surface area contributed by atoms with Crippen LogP contribution in [0.1, 0.15) is 17.3 Å². The van der Waals surface area contributed by atoms with Crippen molar-refractivity contribution < 1.29 is 23.5 Å². The third-order valence-electron chi connectivity index (χ3n) is 2.03. The molecular weight excluding hydrogens is 229 g/mol. The van der Waals surface area contributed by atoms with Crippen molar-refractivity contribution in [1.82, 2.24) is 0 Å². The summed E-state index contributed by atoms with van der Waals surface area (Å²) in [5, 5.41) is 0. The zero-order valence-electron chi connectivity index (χ0n) is 9.40. The first kappa shape index (κ1) is 13.0. The van der Waals surface area contributed by atoms with Crippen LogP contribution in [-0.4, -0.2) is 25.2 Å². The summed E-state index contributed by atoms with van der Waals surface area (Å²) >= 11 is 0. The molecule has 1 aromatic carbocycles. The van der Waals surface area contributed by atoms with Gasteiger partial charge >= 0.3 is 11.9 Å². The maximum Gasteiger partial charge on any atom is 0.346 e. The molecule has 1 atom stereocenters. The molecule has 1 rings (SSSR count). The number of nitrogens with two attached hydrogens (primary N) is 1. The first-order valence-electron chi connectivity index (χ1n) is 4.79. The molecule has 0 aliphatic heterocycles. The Kier molecular flexibility index (Phi) is 4.03. The molecule has 0 aliphatic rings. The van der Waals surface area contributed by atoms with Crippen LogP contribution in [0.25, 0.3) is 0 Å². The summed E-state index contributed by atoms with van der Waals surface area (Å²) < 4.78 is 22.4. The number of rotatable bonds is 3. The highest BCUT2D eigenvalue weighted by Gasteiger charge is 2.21. The summed E-state index contributed by atoms with van der Waals surface area (Å²) in [7, 11) is 1.16. The second-order valence-corrected chi connectivity index (χ2v) is 3.31. The average Bonchev–Trinajstić information content (AvgIpc) is 2.27. The van der Waals surface area contributed by atoms with Crippen LogP contribution in [0.5, 0.6) is 0 Å². The van der Waals surface area contributed by atoms with Gasteiger partial charge in [-0.1, -0.05) is 0 Å². The Bertz CT molecular complexity index is 447. The highest BCUT2D eigenvalue weighted by atomic mass is 19.1. The molecular formula is C11H12FNO4. The van der Waals surface area contributed by atoms with Crippen LogP contribution >= 0.6 is 0 Å². The minimum absolute atomic E-state index is 0.195. The molecule has 0 spiro atoms. The number of carbonyl (C=O) groups is 2. The molecule has 6 heteroatoms. The van der Waals surface area contributed by atoms with Crippen LogP contribution in [0.15, 0.2) is 18.2 Å². The lowest BCUT2D eigenvalue weighted by molar-refractivity contribution is -0.149. The maximum atomic E-state index is 13.3. The molecule has 0 heterocycles. The van der Waals surface area contributed by atoms with Crippen molar-refractivity contribution in [2.75, 3.05) is 12.8 Å². The second-order valence-electron chi connectivity index (χ2n) is 3.31. The van der Waals surface area contributed by atoms with Crippen LogP contribution in [0.3, 0.4) is 0 Å². The summed E-state index contributed by atoms with van der Waals surface area (Å²) in [6.07, 6.45) is -1.09. The van der Waals surface area contributed by atoms with Crippen LogP contribution in [0.4, 0.5) is 10.1 Å². The number of anilines is 1. The number of benzene rings is 1. The smallest absolute Gasteiger partial charge is 0.346 e. The Balaban J connectivity index is 2.80. The van der Waals surface area contributed by atoms with Gasteiger partial charge in [0.25, 0.3) is 0 Å². The largest absolute Gasteiger partial charge is 0.466 e. The number of methoxy groups -OCH3 is 1. The number of ether oxygens (including phenoxy) is 2. The number of hydrogen-bond donors (Lipinski definition) is 1. The van der Waals surface area contributed by atoms with E-state index in [2.05, 4.69) is 4.74 Å². The van der Waals surface area contributed by atoms with Gasteiger partial charge in [0, 0.05) is 5.69 Å². The first-order valence-corrected chi connectivity index (χ1v) is 4.79. The third-order valence-corrected chi connectivity index (χ3v) is 2.03. The van der Waals surface area contributed by atoms with Crippen LogP contribution in [0, 0.1) is 5.82 Å². The highest BCUT2D eigenvalue weighted by molar-refractivity contribution is 5.92. The normalized spacial score (nSPS) is 11.7. The number of halogens is 1. The van der Waals surface area contributed by atoms with E-state index in [9.17, 15) is 14.0 Å². The lowest BCUT2D eigenvalue weighted by atomic mass is 10.2. The number of esters is 2. The van der Waals surface area contributed by atoms with Crippen molar-refractivity contribution >= 4 is 17.6 Å². The fraction of sp³-hybridized carbons (Fsp3) is 0.273. The number of hydrogen-bond acceptors (Lipinski definition) is 5. The van der Waals surface area contributed by atoms with Gasteiger partial charge in [-0.15, -0.1) is 0 Å². The van der Waals surface area contributed by atoms with E-state index in [1.54, 1.807) is 0 Å². The molecule has 0 aromatic heterocycles. The Hall–Kier alpha value is -2.11. The average molecular weight is 241 g/mol. The minimum Gasteiger partial charge on any atom is -0.466 e. The molecule has 0 saturated heterocycles. The van der Waals surface area contributed by atoms with Gasteiger partial charge in [0.2, 0.25) is 0 Å². The van der Waals surface area contributed by atoms with Gasteiger partial charge in [-0.25, -0.2) is 14.0 Å². The maximum absolute atomic E-state index is 13.3. The lowest BCUT2D eigenvalue weighted by Crippen LogP contribution is -2.25. The van der Waals surface area contributed by atoms with Gasteiger partial charge in [-0.05, 0) is 25.1 Å². The molecule has 1 aromatic rings. The molecule has 2 N–H and O–H groups in total. The molecule has 0 bridgehead atoms. The monoisotopic (exact) mass is 241 g/mol. The van der Waals surface area contributed by atoms with Crippen LogP contribution < -0.4 is 5.73 Å². The van der Waals surface area contributed by atoms with Crippen LogP contribution in [0.2, 0.25) is 0 Å². The van der Waals surface area contributed by atoms with E-state index >= 15 is 0 Å². The minimum atomic E-state index is -1.09. The summed E-state index contributed by atoms with van der Waals surface area (Å²) in [6.45, 7) is 1.33. The molecule has 1 unspecified atom stereocenters. The van der Waals surface area contributed by atoms with Crippen molar-refractivity contribution in [3.05, 3.63) is 29.6 Å². The Labute approximate surface area is 97.3 Å². The standard InChI is InChI=1S/C11H12FNO4/c1-6(10(14)16-2)17-11(15)8-4-3-7(13)5-9(8)12/h3-6H,13H2,1-2H3. The second kappa shape index (κ2) is 5.29. The van der Waals surface area contributed by atoms with Gasteiger partial charge in [0.1, 0.15) is 5.82 Å². The van der Waals surface area contributed by atoms with Crippen molar-refractivity contribution in [3.63, 3.8) is 0 Å². The van der Waals surface area contributed by atoms with Crippen molar-refractivity contribution in [2.24, 2.45) is 0 Å². The van der Waals surface area contributed by atoms with E-state index in [1.807, 2.05) is 0 Å². The SMILES string of the molecule is COC(=O)C(C)OC(=O)c1ccc(N)cc1F. The van der Waals surface area contributed by atoms with Gasteiger partial charge in [0.15, 0.2) is 6.10 Å².